The van der Waals surface area contributed by atoms with E-state index in [1.54, 1.807) is 12.1 Å². The molecular formula is C18H19FN4O2. The van der Waals surface area contributed by atoms with Gasteiger partial charge in [0.2, 0.25) is 6.10 Å². The van der Waals surface area contributed by atoms with E-state index in [9.17, 15) is 9.18 Å². The molecule has 2 heterocycles. The number of nitrogens with zero attached hydrogens (tertiary/aromatic N) is 3. The Labute approximate surface area is 144 Å². The molecule has 1 N–H and O–H groups in total. The monoisotopic (exact) mass is 342 g/mol. The number of benzene rings is 1. The molecule has 0 unspecified atom stereocenters. The summed E-state index contributed by atoms with van der Waals surface area (Å²) >= 11 is 0. The van der Waals surface area contributed by atoms with Crippen molar-refractivity contribution in [3.63, 3.8) is 0 Å². The minimum absolute atomic E-state index is 0.0493. The molecule has 1 aromatic heterocycles. The SMILES string of the molecule is Cn1ncc2c1CCC[C@H]2NC(=O)[C@H]1CC(c2cccc(F)c2)=NO1. The molecule has 0 bridgehead atoms. The number of hydrogen-bond donors (Lipinski definition) is 1. The van der Waals surface area contributed by atoms with E-state index in [1.165, 1.54) is 17.8 Å². The highest BCUT2D eigenvalue weighted by Gasteiger charge is 2.32. The summed E-state index contributed by atoms with van der Waals surface area (Å²) in [6.07, 6.45) is 4.35. The molecule has 25 heavy (non-hydrogen) atoms. The number of rotatable bonds is 3. The standard InChI is InChI=1S/C18H19FN4O2/c1-23-16-7-3-6-14(13(16)10-20-23)21-18(24)17-9-15(22-25-17)11-4-2-5-12(19)8-11/h2,4-5,8,10,14,17H,3,6-7,9H2,1H3,(H,21,24)/t14-,17-/m1/s1. The predicted molar refractivity (Wildman–Crippen MR) is 89.5 cm³/mol. The van der Waals surface area contributed by atoms with Gasteiger partial charge >= 0.3 is 0 Å². The van der Waals surface area contributed by atoms with E-state index in [4.69, 9.17) is 4.84 Å². The van der Waals surface area contributed by atoms with Gasteiger partial charge in [-0.15, -0.1) is 0 Å². The largest absolute Gasteiger partial charge is 0.382 e. The fourth-order valence-corrected chi connectivity index (χ4v) is 3.48. The first-order valence-electron chi connectivity index (χ1n) is 8.41. The number of carbonyl (C=O) groups is 1. The summed E-state index contributed by atoms with van der Waals surface area (Å²) in [5.41, 5.74) is 3.47. The quantitative estimate of drug-likeness (QED) is 0.930. The first-order chi connectivity index (χ1) is 12.1. The van der Waals surface area contributed by atoms with Crippen molar-refractivity contribution in [1.29, 1.82) is 0 Å². The van der Waals surface area contributed by atoms with Gasteiger partial charge in [-0.25, -0.2) is 4.39 Å². The molecule has 0 saturated heterocycles. The second-order valence-corrected chi connectivity index (χ2v) is 6.47. The minimum atomic E-state index is -0.680. The van der Waals surface area contributed by atoms with E-state index in [0.29, 0.717) is 17.7 Å². The van der Waals surface area contributed by atoms with Crippen LogP contribution in [0.5, 0.6) is 0 Å². The fraction of sp³-hybridized carbons (Fsp3) is 0.389. The van der Waals surface area contributed by atoms with Crippen molar-refractivity contribution in [3.05, 3.63) is 53.1 Å². The Balaban J connectivity index is 1.42. The van der Waals surface area contributed by atoms with E-state index in [1.807, 2.05) is 17.9 Å². The van der Waals surface area contributed by atoms with Gasteiger partial charge in [-0.3, -0.25) is 9.48 Å². The number of amides is 1. The van der Waals surface area contributed by atoms with Crippen LogP contribution >= 0.6 is 0 Å². The molecule has 1 aromatic carbocycles. The maximum atomic E-state index is 13.3. The summed E-state index contributed by atoms with van der Waals surface area (Å²) in [5.74, 6) is -0.531. The predicted octanol–water partition coefficient (Wildman–Crippen LogP) is 2.25. The molecule has 1 aliphatic heterocycles. The maximum absolute atomic E-state index is 13.3. The Morgan fingerprint density at radius 1 is 1.44 bits per heavy atom. The lowest BCUT2D eigenvalue weighted by Crippen LogP contribution is -2.38. The molecule has 0 fully saturated rings. The number of oxime groups is 1. The topological polar surface area (TPSA) is 68.5 Å². The van der Waals surface area contributed by atoms with Gasteiger partial charge < -0.3 is 10.2 Å². The Bertz CT molecular complexity index is 845. The first-order valence-corrected chi connectivity index (χ1v) is 8.41. The summed E-state index contributed by atoms with van der Waals surface area (Å²) < 4.78 is 15.2. The van der Waals surface area contributed by atoms with Crippen LogP contribution in [0.25, 0.3) is 0 Å². The fourth-order valence-electron chi connectivity index (χ4n) is 3.48. The lowest BCUT2D eigenvalue weighted by molar-refractivity contribution is -0.132. The lowest BCUT2D eigenvalue weighted by atomic mass is 9.92. The molecule has 0 saturated carbocycles. The third-order valence-corrected chi connectivity index (χ3v) is 4.81. The average Bonchev–Trinajstić information content (AvgIpc) is 3.23. The zero-order chi connectivity index (χ0) is 17.4. The van der Waals surface area contributed by atoms with Crippen LogP contribution in [0.1, 0.15) is 42.1 Å². The molecule has 2 aliphatic rings. The Morgan fingerprint density at radius 2 is 2.32 bits per heavy atom. The van der Waals surface area contributed by atoms with Crippen LogP contribution in [-0.4, -0.2) is 27.5 Å². The molecule has 130 valence electrons. The second-order valence-electron chi connectivity index (χ2n) is 6.47. The zero-order valence-electron chi connectivity index (χ0n) is 13.9. The van der Waals surface area contributed by atoms with Crippen LogP contribution in [-0.2, 0) is 23.1 Å². The highest BCUT2D eigenvalue weighted by Crippen LogP contribution is 2.29. The highest BCUT2D eigenvalue weighted by molar-refractivity contribution is 6.04. The molecular weight excluding hydrogens is 323 g/mol. The third-order valence-electron chi connectivity index (χ3n) is 4.81. The van der Waals surface area contributed by atoms with Gasteiger partial charge in [0.25, 0.3) is 5.91 Å². The van der Waals surface area contributed by atoms with Crippen LogP contribution in [0.3, 0.4) is 0 Å². The van der Waals surface area contributed by atoms with Crippen molar-refractivity contribution >= 4 is 11.6 Å². The zero-order valence-corrected chi connectivity index (χ0v) is 13.9. The van der Waals surface area contributed by atoms with Crippen molar-refractivity contribution in [2.75, 3.05) is 0 Å². The van der Waals surface area contributed by atoms with Crippen molar-refractivity contribution in [3.8, 4) is 0 Å². The maximum Gasteiger partial charge on any atom is 0.264 e. The smallest absolute Gasteiger partial charge is 0.264 e. The summed E-state index contributed by atoms with van der Waals surface area (Å²) in [6.45, 7) is 0. The van der Waals surface area contributed by atoms with E-state index in [2.05, 4.69) is 15.6 Å². The molecule has 2 atom stereocenters. The van der Waals surface area contributed by atoms with Crippen molar-refractivity contribution in [1.82, 2.24) is 15.1 Å². The number of aryl methyl sites for hydroxylation is 1. The number of hydrogen-bond acceptors (Lipinski definition) is 4. The molecule has 1 aliphatic carbocycles. The molecule has 7 heteroatoms. The Hall–Kier alpha value is -2.70. The number of fused-ring (bicyclic) bond motifs is 1. The summed E-state index contributed by atoms with van der Waals surface area (Å²) in [5, 5.41) is 11.3. The van der Waals surface area contributed by atoms with Gasteiger partial charge in [-0.05, 0) is 31.4 Å². The Kier molecular flexibility index (Phi) is 3.99. The van der Waals surface area contributed by atoms with E-state index in [0.717, 1.165) is 24.8 Å². The van der Waals surface area contributed by atoms with Gasteiger partial charge in [0, 0.05) is 30.3 Å². The second kappa shape index (κ2) is 6.31. The lowest BCUT2D eigenvalue weighted by Gasteiger charge is -2.24. The average molecular weight is 342 g/mol. The normalized spacial score (nSPS) is 22.1. The van der Waals surface area contributed by atoms with E-state index in [-0.39, 0.29) is 17.8 Å². The highest BCUT2D eigenvalue weighted by atomic mass is 19.1. The van der Waals surface area contributed by atoms with Gasteiger partial charge in [0.05, 0.1) is 18.0 Å². The van der Waals surface area contributed by atoms with Gasteiger partial charge in [0.15, 0.2) is 0 Å². The number of aromatic nitrogens is 2. The minimum Gasteiger partial charge on any atom is -0.382 e. The Morgan fingerprint density at radius 3 is 3.16 bits per heavy atom. The van der Waals surface area contributed by atoms with Crippen molar-refractivity contribution < 1.29 is 14.0 Å². The van der Waals surface area contributed by atoms with Crippen LogP contribution in [0.4, 0.5) is 4.39 Å². The molecule has 6 nitrogen and oxygen atoms in total. The first kappa shape index (κ1) is 15.8. The summed E-state index contributed by atoms with van der Waals surface area (Å²) in [6, 6.07) is 6.09. The van der Waals surface area contributed by atoms with E-state index < -0.39 is 6.10 Å². The van der Waals surface area contributed by atoms with Crippen LogP contribution in [0.2, 0.25) is 0 Å². The van der Waals surface area contributed by atoms with E-state index >= 15 is 0 Å². The summed E-state index contributed by atoms with van der Waals surface area (Å²) in [7, 11) is 1.92. The third kappa shape index (κ3) is 3.01. The summed E-state index contributed by atoms with van der Waals surface area (Å²) in [4.78, 5) is 17.9. The van der Waals surface area contributed by atoms with Crippen molar-refractivity contribution in [2.45, 2.75) is 37.8 Å². The van der Waals surface area contributed by atoms with Crippen molar-refractivity contribution in [2.24, 2.45) is 12.2 Å². The van der Waals surface area contributed by atoms with Gasteiger partial charge in [0.1, 0.15) is 5.82 Å². The molecule has 2 aromatic rings. The molecule has 0 spiro atoms. The number of carbonyl (C=O) groups excluding carboxylic acids is 1. The molecule has 1 amide bonds. The van der Waals surface area contributed by atoms with Gasteiger partial charge in [-0.2, -0.15) is 5.10 Å². The number of halogens is 1. The van der Waals surface area contributed by atoms with Gasteiger partial charge in [-0.1, -0.05) is 17.3 Å². The van der Waals surface area contributed by atoms with Crippen LogP contribution in [0.15, 0.2) is 35.6 Å². The molecule has 4 rings (SSSR count). The molecule has 0 radical (unpaired) electrons. The number of nitrogens with one attached hydrogen (secondary N) is 1. The van der Waals surface area contributed by atoms with Crippen LogP contribution in [0, 0.1) is 5.82 Å². The van der Waals surface area contributed by atoms with Crippen LogP contribution < -0.4 is 5.32 Å².